The van der Waals surface area contributed by atoms with Crippen molar-refractivity contribution in [1.82, 2.24) is 9.88 Å². The van der Waals surface area contributed by atoms with Crippen LogP contribution in [0.5, 0.6) is 0 Å². The molecule has 1 saturated carbocycles. The third-order valence-corrected chi connectivity index (χ3v) is 4.06. The van der Waals surface area contributed by atoms with Gasteiger partial charge in [0.05, 0.1) is 0 Å². The quantitative estimate of drug-likeness (QED) is 0.689. The molecular formula is C16H28N2. The van der Waals surface area contributed by atoms with Crippen LogP contribution in [0.25, 0.3) is 0 Å². The van der Waals surface area contributed by atoms with Crippen molar-refractivity contribution in [2.75, 3.05) is 6.54 Å². The maximum atomic E-state index is 3.57. The first-order chi connectivity index (χ1) is 8.88. The van der Waals surface area contributed by atoms with Gasteiger partial charge >= 0.3 is 0 Å². The minimum absolute atomic E-state index is 1.03. The lowest BCUT2D eigenvalue weighted by Crippen LogP contribution is -2.15. The molecular weight excluding hydrogens is 220 g/mol. The maximum absolute atomic E-state index is 3.57. The molecule has 0 radical (unpaired) electrons. The van der Waals surface area contributed by atoms with Crippen molar-refractivity contribution >= 4 is 0 Å². The van der Waals surface area contributed by atoms with Crippen LogP contribution in [0.2, 0.25) is 0 Å². The highest BCUT2D eigenvalue weighted by Crippen LogP contribution is 2.28. The highest BCUT2D eigenvalue weighted by Gasteiger charge is 2.13. The van der Waals surface area contributed by atoms with Gasteiger partial charge in [-0.05, 0) is 43.4 Å². The summed E-state index contributed by atoms with van der Waals surface area (Å²) in [5, 5.41) is 3.57. The Morgan fingerprint density at radius 1 is 1.33 bits per heavy atom. The van der Waals surface area contributed by atoms with Gasteiger partial charge in [-0.25, -0.2) is 0 Å². The van der Waals surface area contributed by atoms with Gasteiger partial charge < -0.3 is 9.88 Å². The molecule has 0 atom stereocenters. The van der Waals surface area contributed by atoms with E-state index in [1.807, 2.05) is 0 Å². The minimum atomic E-state index is 1.03. The van der Waals surface area contributed by atoms with Crippen molar-refractivity contribution in [2.24, 2.45) is 5.92 Å². The number of aromatic nitrogens is 1. The third-order valence-electron chi connectivity index (χ3n) is 4.06. The molecule has 2 heteroatoms. The zero-order chi connectivity index (χ0) is 12.6. The van der Waals surface area contributed by atoms with Crippen LogP contribution in [0.1, 0.15) is 57.4 Å². The van der Waals surface area contributed by atoms with Crippen LogP contribution in [0.4, 0.5) is 0 Å². The van der Waals surface area contributed by atoms with E-state index in [0.717, 1.165) is 19.0 Å². The molecule has 18 heavy (non-hydrogen) atoms. The highest BCUT2D eigenvalue weighted by molar-refractivity contribution is 5.09. The second-order valence-electron chi connectivity index (χ2n) is 5.73. The molecule has 1 fully saturated rings. The lowest BCUT2D eigenvalue weighted by atomic mass is 10.0. The van der Waals surface area contributed by atoms with Gasteiger partial charge in [0, 0.05) is 25.5 Å². The van der Waals surface area contributed by atoms with Gasteiger partial charge in [-0.2, -0.15) is 0 Å². The molecule has 0 saturated heterocycles. The average Bonchev–Trinajstić information content (AvgIpc) is 3.01. The fourth-order valence-electron chi connectivity index (χ4n) is 3.04. The summed E-state index contributed by atoms with van der Waals surface area (Å²) >= 11 is 0. The number of nitrogens with zero attached hydrogens (tertiary/aromatic N) is 1. The fourth-order valence-corrected chi connectivity index (χ4v) is 3.04. The molecule has 1 aliphatic rings. The van der Waals surface area contributed by atoms with E-state index < -0.39 is 0 Å². The molecule has 0 spiro atoms. The van der Waals surface area contributed by atoms with Gasteiger partial charge in [-0.3, -0.25) is 0 Å². The van der Waals surface area contributed by atoms with Crippen LogP contribution < -0.4 is 5.32 Å². The molecule has 1 N–H and O–H groups in total. The summed E-state index contributed by atoms with van der Waals surface area (Å²) in [5.41, 5.74) is 1.42. The molecule has 0 bridgehead atoms. The predicted molar refractivity (Wildman–Crippen MR) is 77.6 cm³/mol. The van der Waals surface area contributed by atoms with Crippen LogP contribution in [0.3, 0.4) is 0 Å². The number of nitrogens with one attached hydrogen (secondary N) is 1. The zero-order valence-electron chi connectivity index (χ0n) is 11.8. The Morgan fingerprint density at radius 3 is 2.94 bits per heavy atom. The van der Waals surface area contributed by atoms with Crippen LogP contribution in [-0.4, -0.2) is 11.1 Å². The van der Waals surface area contributed by atoms with Crippen LogP contribution >= 0.6 is 0 Å². The van der Waals surface area contributed by atoms with Gasteiger partial charge in [0.25, 0.3) is 0 Å². The Kier molecular flexibility index (Phi) is 5.79. The summed E-state index contributed by atoms with van der Waals surface area (Å²) in [6, 6.07) is 2.24. The Hall–Kier alpha value is -0.760. The average molecular weight is 248 g/mol. The maximum Gasteiger partial charge on any atom is 0.0220 e. The highest BCUT2D eigenvalue weighted by atomic mass is 14.9. The molecule has 0 amide bonds. The van der Waals surface area contributed by atoms with Gasteiger partial charge in [-0.1, -0.05) is 32.6 Å². The van der Waals surface area contributed by atoms with Crippen LogP contribution in [-0.2, 0) is 13.1 Å². The van der Waals surface area contributed by atoms with E-state index in [9.17, 15) is 0 Å². The standard InChI is InChI=1S/C16H28N2/c1-2-11-18-12-9-16(14-18)13-17-10-5-8-15-6-3-4-7-15/h9,12,14-15,17H,2-8,10-11,13H2,1H3. The lowest BCUT2D eigenvalue weighted by molar-refractivity contribution is 0.470. The van der Waals surface area contributed by atoms with Gasteiger partial charge in [0.15, 0.2) is 0 Å². The smallest absolute Gasteiger partial charge is 0.0220 e. The topological polar surface area (TPSA) is 17.0 Å². The molecule has 1 aliphatic carbocycles. The molecule has 0 unspecified atom stereocenters. The van der Waals surface area contributed by atoms with E-state index >= 15 is 0 Å². The van der Waals surface area contributed by atoms with Crippen molar-refractivity contribution in [3.63, 3.8) is 0 Å². The summed E-state index contributed by atoms with van der Waals surface area (Å²) in [6.45, 7) is 5.57. The normalized spacial score (nSPS) is 16.5. The first-order valence-electron chi connectivity index (χ1n) is 7.74. The van der Waals surface area contributed by atoms with E-state index in [1.54, 1.807) is 0 Å². The first-order valence-corrected chi connectivity index (χ1v) is 7.74. The van der Waals surface area contributed by atoms with Crippen LogP contribution in [0, 0.1) is 5.92 Å². The lowest BCUT2D eigenvalue weighted by Gasteiger charge is -2.08. The molecule has 1 aromatic rings. The molecule has 1 heterocycles. The second-order valence-corrected chi connectivity index (χ2v) is 5.73. The van der Waals surface area contributed by atoms with Crippen molar-refractivity contribution < 1.29 is 0 Å². The van der Waals surface area contributed by atoms with Crippen LogP contribution in [0.15, 0.2) is 18.5 Å². The van der Waals surface area contributed by atoms with Crippen molar-refractivity contribution in [2.45, 2.75) is 65.0 Å². The first kappa shape index (κ1) is 13.7. The number of hydrogen-bond donors (Lipinski definition) is 1. The predicted octanol–water partition coefficient (Wildman–Crippen LogP) is 3.96. The number of aryl methyl sites for hydroxylation is 1. The van der Waals surface area contributed by atoms with E-state index in [-0.39, 0.29) is 0 Å². The Labute approximate surface area is 112 Å². The monoisotopic (exact) mass is 248 g/mol. The number of hydrogen-bond acceptors (Lipinski definition) is 1. The molecule has 2 nitrogen and oxygen atoms in total. The zero-order valence-corrected chi connectivity index (χ0v) is 11.8. The van der Waals surface area contributed by atoms with Gasteiger partial charge in [-0.15, -0.1) is 0 Å². The summed E-state index contributed by atoms with van der Waals surface area (Å²) in [7, 11) is 0. The molecule has 0 aliphatic heterocycles. The Bertz CT molecular complexity index is 324. The van der Waals surface area contributed by atoms with E-state index in [4.69, 9.17) is 0 Å². The third kappa shape index (κ3) is 4.49. The van der Waals surface area contributed by atoms with Gasteiger partial charge in [0.2, 0.25) is 0 Å². The minimum Gasteiger partial charge on any atom is -0.354 e. The second kappa shape index (κ2) is 7.63. The van der Waals surface area contributed by atoms with Crippen molar-refractivity contribution in [3.05, 3.63) is 24.0 Å². The molecule has 1 aromatic heterocycles. The van der Waals surface area contributed by atoms with E-state index in [2.05, 4.69) is 35.3 Å². The largest absolute Gasteiger partial charge is 0.354 e. The Balaban J connectivity index is 1.54. The van der Waals surface area contributed by atoms with Gasteiger partial charge in [0.1, 0.15) is 0 Å². The SMILES string of the molecule is CCCn1ccc(CNCCCC2CCCC2)c1. The molecule has 2 rings (SSSR count). The van der Waals surface area contributed by atoms with E-state index in [1.165, 1.54) is 57.1 Å². The number of rotatable bonds is 8. The summed E-state index contributed by atoms with van der Waals surface area (Å²) < 4.78 is 2.29. The summed E-state index contributed by atoms with van der Waals surface area (Å²) in [5.74, 6) is 1.04. The van der Waals surface area contributed by atoms with Crippen molar-refractivity contribution in [3.8, 4) is 0 Å². The summed E-state index contributed by atoms with van der Waals surface area (Å²) in [4.78, 5) is 0. The Morgan fingerprint density at radius 2 is 2.17 bits per heavy atom. The fraction of sp³-hybridized carbons (Fsp3) is 0.750. The summed E-state index contributed by atoms with van der Waals surface area (Å²) in [6.07, 6.45) is 14.4. The molecule has 0 aromatic carbocycles. The van der Waals surface area contributed by atoms with E-state index in [0.29, 0.717) is 0 Å². The molecule has 102 valence electrons. The van der Waals surface area contributed by atoms with Crippen molar-refractivity contribution in [1.29, 1.82) is 0 Å².